The smallest absolute Gasteiger partial charge is 0.338 e. The third kappa shape index (κ3) is 4.93. The number of ether oxygens (including phenoxy) is 1. The minimum absolute atomic E-state index is 0.0837. The van der Waals surface area contributed by atoms with Crippen LogP contribution in [-0.4, -0.2) is 41.4 Å². The van der Waals surface area contributed by atoms with Crippen molar-refractivity contribution in [1.82, 2.24) is 19.6 Å². The van der Waals surface area contributed by atoms with Crippen LogP contribution in [0.3, 0.4) is 0 Å². The Morgan fingerprint density at radius 3 is 2.49 bits per heavy atom. The number of carbonyl (C=O) groups excluding carboxylic acids is 1. The highest BCUT2D eigenvalue weighted by Gasteiger charge is 2.48. The fourth-order valence-electron chi connectivity index (χ4n) is 6.01. The van der Waals surface area contributed by atoms with Crippen LogP contribution in [0, 0.1) is 12.8 Å². The highest BCUT2D eigenvalue weighted by Crippen LogP contribution is 2.46. The molecular formula is C29H36N4O4. The first-order valence-corrected chi connectivity index (χ1v) is 13.5. The van der Waals surface area contributed by atoms with Crippen molar-refractivity contribution in [3.05, 3.63) is 63.9 Å². The number of phenolic OH excluding ortho intramolecular Hbond substituents is 1. The molecule has 1 fully saturated rings. The molecular weight excluding hydrogens is 468 g/mol. The van der Waals surface area contributed by atoms with Gasteiger partial charge in [0.25, 0.3) is 5.78 Å². The second kappa shape index (κ2) is 10.1. The molecule has 1 atom stereocenters. The Morgan fingerprint density at radius 1 is 1.14 bits per heavy atom. The zero-order valence-electron chi connectivity index (χ0n) is 22.0. The zero-order chi connectivity index (χ0) is 26.2. The number of hydrogen-bond acceptors (Lipinski definition) is 7. The molecule has 2 aromatic heterocycles. The van der Waals surface area contributed by atoms with Crippen LogP contribution in [-0.2, 0) is 35.2 Å². The second-order valence-corrected chi connectivity index (χ2v) is 10.6. The van der Waals surface area contributed by atoms with E-state index in [0.29, 0.717) is 36.6 Å². The third-order valence-electron chi connectivity index (χ3n) is 8.08. The summed E-state index contributed by atoms with van der Waals surface area (Å²) in [4.78, 5) is 22.0. The number of nitrogens with zero attached hydrogens (tertiary/aromatic N) is 4. The van der Waals surface area contributed by atoms with Gasteiger partial charge in [-0.2, -0.15) is 4.98 Å². The summed E-state index contributed by atoms with van der Waals surface area (Å²) in [5, 5.41) is 26.1. The molecule has 1 aliphatic carbocycles. The molecule has 0 bridgehead atoms. The fraction of sp³-hybridized carbons (Fsp3) is 0.517. The number of aliphatic hydroxyl groups is 1. The average Bonchev–Trinajstić information content (AvgIpc) is 3.56. The van der Waals surface area contributed by atoms with Crippen LogP contribution in [0.5, 0.6) is 5.75 Å². The molecule has 0 saturated heterocycles. The lowest BCUT2D eigenvalue weighted by Gasteiger charge is -2.42. The molecule has 1 aromatic carbocycles. The van der Waals surface area contributed by atoms with Gasteiger partial charge in [-0.05, 0) is 73.6 Å². The zero-order valence-corrected chi connectivity index (χ0v) is 22.0. The molecule has 8 nitrogen and oxygen atoms in total. The van der Waals surface area contributed by atoms with E-state index in [1.807, 2.05) is 27.0 Å². The van der Waals surface area contributed by atoms with E-state index >= 15 is 0 Å². The summed E-state index contributed by atoms with van der Waals surface area (Å²) in [5.74, 6) is 1.09. The maximum absolute atomic E-state index is 13.4. The molecule has 2 aliphatic rings. The molecule has 3 heterocycles. The van der Waals surface area contributed by atoms with E-state index in [2.05, 4.69) is 27.2 Å². The first-order chi connectivity index (χ1) is 17.8. The fourth-order valence-corrected chi connectivity index (χ4v) is 6.01. The number of carbonyl (C=O) groups is 1. The Morgan fingerprint density at radius 2 is 1.84 bits per heavy atom. The number of aromatic nitrogens is 4. The summed E-state index contributed by atoms with van der Waals surface area (Å²) >= 11 is 0. The van der Waals surface area contributed by atoms with Gasteiger partial charge < -0.3 is 14.9 Å². The van der Waals surface area contributed by atoms with E-state index in [-0.39, 0.29) is 23.7 Å². The van der Waals surface area contributed by atoms with E-state index in [9.17, 15) is 15.0 Å². The second-order valence-electron chi connectivity index (χ2n) is 10.6. The Hall–Kier alpha value is -3.42. The van der Waals surface area contributed by atoms with Crippen molar-refractivity contribution in [2.75, 3.05) is 0 Å². The normalized spacial score (nSPS) is 20.7. The maximum Gasteiger partial charge on any atom is 0.338 e. The molecule has 0 spiro atoms. The molecule has 196 valence electrons. The number of hydrogen-bond donors (Lipinski definition) is 2. The van der Waals surface area contributed by atoms with Crippen LogP contribution >= 0.6 is 0 Å². The van der Waals surface area contributed by atoms with Crippen molar-refractivity contribution in [3.8, 4) is 5.75 Å². The van der Waals surface area contributed by atoms with E-state index in [4.69, 9.17) is 4.74 Å². The van der Waals surface area contributed by atoms with Gasteiger partial charge in [0.05, 0.1) is 5.57 Å². The summed E-state index contributed by atoms with van der Waals surface area (Å²) in [5.41, 5.74) is 3.47. The van der Waals surface area contributed by atoms with E-state index in [1.165, 1.54) is 0 Å². The van der Waals surface area contributed by atoms with Crippen LogP contribution in [0.25, 0.3) is 5.78 Å². The number of cyclic esters (lactones) is 1. The number of aryl methyl sites for hydroxylation is 4. The van der Waals surface area contributed by atoms with E-state index in [0.717, 1.165) is 60.8 Å². The molecule has 0 amide bonds. The lowest BCUT2D eigenvalue weighted by Crippen LogP contribution is -2.46. The lowest BCUT2D eigenvalue weighted by molar-refractivity contribution is -0.167. The minimum atomic E-state index is -0.733. The summed E-state index contributed by atoms with van der Waals surface area (Å²) in [6.45, 7) is 6.01. The Balaban J connectivity index is 1.41. The molecule has 0 radical (unpaired) electrons. The van der Waals surface area contributed by atoms with Gasteiger partial charge in [-0.15, -0.1) is 5.10 Å². The van der Waals surface area contributed by atoms with Crippen LogP contribution in [0.2, 0.25) is 0 Å². The van der Waals surface area contributed by atoms with Crippen molar-refractivity contribution < 1.29 is 19.7 Å². The minimum Gasteiger partial charge on any atom is -0.512 e. The van der Waals surface area contributed by atoms with Gasteiger partial charge in [-0.25, -0.2) is 14.3 Å². The lowest BCUT2D eigenvalue weighted by atomic mass is 9.76. The number of rotatable bonds is 8. The van der Waals surface area contributed by atoms with Gasteiger partial charge in [0, 0.05) is 25.2 Å². The van der Waals surface area contributed by atoms with E-state index in [1.54, 1.807) is 10.7 Å². The van der Waals surface area contributed by atoms with Gasteiger partial charge in [-0.3, -0.25) is 0 Å². The maximum atomic E-state index is 13.4. The quantitative estimate of drug-likeness (QED) is 0.409. The van der Waals surface area contributed by atoms with Crippen LogP contribution < -0.4 is 0 Å². The largest absolute Gasteiger partial charge is 0.512 e. The first-order valence-electron chi connectivity index (χ1n) is 13.5. The highest BCUT2D eigenvalue weighted by atomic mass is 16.6. The van der Waals surface area contributed by atoms with Crippen LogP contribution in [0.4, 0.5) is 0 Å². The van der Waals surface area contributed by atoms with Crippen molar-refractivity contribution in [2.45, 2.75) is 90.6 Å². The molecule has 1 saturated carbocycles. The number of benzene rings is 1. The van der Waals surface area contributed by atoms with Crippen LogP contribution in [0.1, 0.15) is 80.5 Å². The van der Waals surface area contributed by atoms with Crippen molar-refractivity contribution in [3.63, 3.8) is 0 Å². The molecule has 8 heteroatoms. The summed E-state index contributed by atoms with van der Waals surface area (Å²) < 4.78 is 7.87. The van der Waals surface area contributed by atoms with Gasteiger partial charge in [-0.1, -0.05) is 38.8 Å². The monoisotopic (exact) mass is 504 g/mol. The van der Waals surface area contributed by atoms with Crippen LogP contribution in [0.15, 0.2) is 35.9 Å². The Labute approximate surface area is 217 Å². The van der Waals surface area contributed by atoms with Gasteiger partial charge >= 0.3 is 5.97 Å². The summed E-state index contributed by atoms with van der Waals surface area (Å²) in [6, 6.07) is 4.13. The van der Waals surface area contributed by atoms with Crippen molar-refractivity contribution in [1.29, 1.82) is 0 Å². The molecule has 1 aliphatic heterocycles. The van der Waals surface area contributed by atoms with E-state index < -0.39 is 11.6 Å². The molecule has 2 N–H and O–H groups in total. The number of aliphatic hydroxyl groups excluding tert-OH is 1. The molecule has 5 rings (SSSR count). The predicted molar refractivity (Wildman–Crippen MR) is 139 cm³/mol. The van der Waals surface area contributed by atoms with Gasteiger partial charge in [0.2, 0.25) is 0 Å². The van der Waals surface area contributed by atoms with Crippen molar-refractivity contribution in [2.24, 2.45) is 5.92 Å². The molecule has 3 aromatic rings. The predicted octanol–water partition coefficient (Wildman–Crippen LogP) is 5.13. The SMILES string of the molecule is CCc1cc(CCC2(C3CCCC3)CC(O)=C(Cc3nc4ncc(C)cn4n3)C(=O)O2)cc(CC)c1O. The summed E-state index contributed by atoms with van der Waals surface area (Å²) in [7, 11) is 0. The standard InChI is InChI=1S/C29H36N4O4/c1-4-20-12-19(13-21(5-2)26(20)35)10-11-29(22-8-6-7-9-22)15-24(34)23(27(36)37-29)14-25-31-28-30-16-18(3)17-33(28)32-25/h12-13,16-17,22,34-35H,4-11,14-15H2,1-3H3. The average molecular weight is 505 g/mol. The molecule has 37 heavy (non-hydrogen) atoms. The first kappa shape index (κ1) is 25.2. The van der Waals surface area contributed by atoms with Gasteiger partial charge in [0.15, 0.2) is 5.82 Å². The topological polar surface area (TPSA) is 110 Å². The molecule has 1 unspecified atom stereocenters. The number of fused-ring (bicyclic) bond motifs is 1. The summed E-state index contributed by atoms with van der Waals surface area (Å²) in [6.07, 6.45) is 11.0. The Kier molecular flexibility index (Phi) is 6.92. The number of phenols is 1. The Bertz CT molecular complexity index is 1330. The van der Waals surface area contributed by atoms with Crippen molar-refractivity contribution >= 4 is 11.7 Å². The third-order valence-corrected chi connectivity index (χ3v) is 8.08. The highest BCUT2D eigenvalue weighted by molar-refractivity contribution is 5.90. The van der Waals surface area contributed by atoms with Gasteiger partial charge in [0.1, 0.15) is 17.1 Å². The number of aromatic hydroxyl groups is 1. The number of esters is 1.